The van der Waals surface area contributed by atoms with Crippen LogP contribution in [-0.2, 0) is 4.74 Å². The van der Waals surface area contributed by atoms with Crippen molar-refractivity contribution in [1.29, 1.82) is 0 Å². The zero-order chi connectivity index (χ0) is 5.82. The van der Waals surface area contributed by atoms with Crippen molar-refractivity contribution in [1.82, 2.24) is 0 Å². The summed E-state index contributed by atoms with van der Waals surface area (Å²) in [5.74, 6) is 0. The van der Waals surface area contributed by atoms with Gasteiger partial charge in [0, 0.05) is 6.61 Å². The minimum Gasteiger partial charge on any atom is -0.367 e. The molecule has 0 aliphatic carbocycles. The number of rotatable bonds is 1. The molecule has 1 rings (SSSR count). The van der Waals surface area contributed by atoms with E-state index in [4.69, 9.17) is 4.74 Å². The van der Waals surface area contributed by atoms with Crippen LogP contribution in [0.1, 0.15) is 19.3 Å². The van der Waals surface area contributed by atoms with Crippen molar-refractivity contribution < 1.29 is 4.74 Å². The van der Waals surface area contributed by atoms with Gasteiger partial charge in [-0.25, -0.2) is 0 Å². The van der Waals surface area contributed by atoms with Gasteiger partial charge in [0.05, 0.1) is 0 Å². The second kappa shape index (κ2) is 3.64. The fourth-order valence-corrected chi connectivity index (χ4v) is 1.72. The normalized spacial score (nSPS) is 30.4. The number of hydrogen-bond donors (Lipinski definition) is 1. The molecule has 1 heterocycles. The highest BCUT2D eigenvalue weighted by Gasteiger charge is 2.11. The summed E-state index contributed by atoms with van der Waals surface area (Å²) >= 11 is 4.06. The van der Waals surface area contributed by atoms with E-state index in [0.717, 1.165) is 6.61 Å². The molecule has 0 aromatic carbocycles. The Morgan fingerprint density at radius 1 is 1.50 bits per heavy atom. The van der Waals surface area contributed by atoms with Crippen LogP contribution in [0.5, 0.6) is 0 Å². The molecule has 1 aliphatic heterocycles. The maximum Gasteiger partial charge on any atom is 0.112 e. The minimum atomic E-state index is 0.368. The summed E-state index contributed by atoms with van der Waals surface area (Å²) in [6.07, 6.45) is 3.71. The van der Waals surface area contributed by atoms with Crippen molar-refractivity contribution in [3.63, 3.8) is 0 Å². The van der Waals surface area contributed by atoms with Crippen LogP contribution in [0.25, 0.3) is 0 Å². The Morgan fingerprint density at radius 2 is 2.38 bits per heavy atom. The Bertz CT molecular complexity index is 61.4. The Balaban J connectivity index is 2.13. The average Bonchev–Trinajstić information content (AvgIpc) is 1.90. The van der Waals surface area contributed by atoms with E-state index in [0.29, 0.717) is 5.44 Å². The smallest absolute Gasteiger partial charge is 0.112 e. The van der Waals surface area contributed by atoms with Crippen LogP contribution in [0.2, 0.25) is 0 Å². The third-order valence-corrected chi connectivity index (χ3v) is 2.57. The first kappa shape index (κ1) is 6.78. The quantitative estimate of drug-likeness (QED) is 0.453. The van der Waals surface area contributed by atoms with Crippen molar-refractivity contribution in [2.24, 2.45) is 0 Å². The lowest BCUT2D eigenvalue weighted by molar-refractivity contribution is 0.0738. The molecule has 1 nitrogen and oxygen atoms in total. The van der Waals surface area contributed by atoms with Gasteiger partial charge in [0.2, 0.25) is 0 Å². The predicted octanol–water partition coefficient (Wildman–Crippen LogP) is 2.09. The van der Waals surface area contributed by atoms with E-state index < -0.39 is 0 Å². The Labute approximate surface area is 59.0 Å². The lowest BCUT2D eigenvalue weighted by Gasteiger charge is -2.19. The van der Waals surface area contributed by atoms with E-state index >= 15 is 0 Å². The molecule has 1 saturated heterocycles. The SMILES string of the molecule is SS[C@H]1CCCCO1. The second-order valence-corrected chi connectivity index (χ2v) is 3.27. The van der Waals surface area contributed by atoms with E-state index in [9.17, 15) is 0 Å². The van der Waals surface area contributed by atoms with Crippen molar-refractivity contribution >= 4 is 22.5 Å². The van der Waals surface area contributed by atoms with Crippen molar-refractivity contribution in [3.8, 4) is 0 Å². The summed E-state index contributed by atoms with van der Waals surface area (Å²) in [6.45, 7) is 0.929. The van der Waals surface area contributed by atoms with Gasteiger partial charge in [-0.1, -0.05) is 10.8 Å². The van der Waals surface area contributed by atoms with Crippen LogP contribution in [0, 0.1) is 0 Å². The summed E-state index contributed by atoms with van der Waals surface area (Å²) in [4.78, 5) is 0. The lowest BCUT2D eigenvalue weighted by atomic mass is 10.2. The summed E-state index contributed by atoms with van der Waals surface area (Å²) in [7, 11) is 1.52. The Hall–Kier alpha value is 0.660. The Kier molecular flexibility index (Phi) is 3.08. The van der Waals surface area contributed by atoms with Crippen molar-refractivity contribution in [3.05, 3.63) is 0 Å². The maximum atomic E-state index is 5.31. The second-order valence-electron chi connectivity index (χ2n) is 1.90. The molecule has 0 spiro atoms. The maximum absolute atomic E-state index is 5.31. The van der Waals surface area contributed by atoms with Crippen LogP contribution >= 0.6 is 22.5 Å². The van der Waals surface area contributed by atoms with Gasteiger partial charge in [-0.05, 0) is 19.3 Å². The van der Waals surface area contributed by atoms with E-state index in [-0.39, 0.29) is 0 Å². The van der Waals surface area contributed by atoms with Crippen molar-refractivity contribution in [2.45, 2.75) is 24.7 Å². The summed E-state index contributed by atoms with van der Waals surface area (Å²) in [6, 6.07) is 0. The molecule has 0 bridgehead atoms. The van der Waals surface area contributed by atoms with E-state index in [1.807, 2.05) is 0 Å². The monoisotopic (exact) mass is 150 g/mol. The Morgan fingerprint density at radius 3 is 2.75 bits per heavy atom. The van der Waals surface area contributed by atoms with Gasteiger partial charge in [0.15, 0.2) is 0 Å². The first-order valence-corrected chi connectivity index (χ1v) is 4.78. The molecule has 0 amide bonds. The molecule has 0 aromatic heterocycles. The van der Waals surface area contributed by atoms with Gasteiger partial charge in [0.25, 0.3) is 0 Å². The molecule has 0 unspecified atom stereocenters. The van der Waals surface area contributed by atoms with Crippen LogP contribution in [0.4, 0.5) is 0 Å². The fraction of sp³-hybridized carbons (Fsp3) is 1.00. The summed E-state index contributed by atoms with van der Waals surface area (Å²) in [5.41, 5.74) is 0.368. The fourth-order valence-electron chi connectivity index (χ4n) is 0.794. The molecular weight excluding hydrogens is 140 g/mol. The van der Waals surface area contributed by atoms with Gasteiger partial charge in [-0.15, -0.1) is 11.7 Å². The summed E-state index contributed by atoms with van der Waals surface area (Å²) in [5, 5.41) is 0. The summed E-state index contributed by atoms with van der Waals surface area (Å²) < 4.78 is 5.31. The average molecular weight is 150 g/mol. The van der Waals surface area contributed by atoms with Gasteiger partial charge < -0.3 is 4.74 Å². The zero-order valence-corrected chi connectivity index (χ0v) is 6.38. The minimum absolute atomic E-state index is 0.368. The molecule has 3 heteroatoms. The van der Waals surface area contributed by atoms with Gasteiger partial charge in [0.1, 0.15) is 5.44 Å². The molecule has 0 saturated carbocycles. The zero-order valence-electron chi connectivity index (χ0n) is 4.67. The van der Waals surface area contributed by atoms with Crippen LogP contribution in [0.3, 0.4) is 0 Å². The highest BCUT2D eigenvalue weighted by molar-refractivity contribution is 8.68. The van der Waals surface area contributed by atoms with E-state index in [1.54, 1.807) is 0 Å². The molecular formula is C5H10OS2. The van der Waals surface area contributed by atoms with E-state index in [2.05, 4.69) is 11.7 Å². The number of ether oxygens (including phenoxy) is 1. The van der Waals surface area contributed by atoms with E-state index in [1.165, 1.54) is 30.1 Å². The van der Waals surface area contributed by atoms with Gasteiger partial charge in [-0.3, -0.25) is 0 Å². The standard InChI is InChI=1S/C5H10OS2/c7-8-5-3-1-2-4-6-5/h5,7H,1-4H2/t5-/m0/s1. The molecule has 1 aliphatic rings. The first-order chi connectivity index (χ1) is 3.93. The molecule has 1 atom stereocenters. The highest BCUT2D eigenvalue weighted by Crippen LogP contribution is 2.24. The molecule has 0 aromatic rings. The highest BCUT2D eigenvalue weighted by atomic mass is 33.1. The number of hydrogen-bond acceptors (Lipinski definition) is 3. The largest absolute Gasteiger partial charge is 0.367 e. The van der Waals surface area contributed by atoms with Crippen molar-refractivity contribution in [2.75, 3.05) is 6.61 Å². The first-order valence-electron chi connectivity index (χ1n) is 2.85. The lowest BCUT2D eigenvalue weighted by Crippen LogP contribution is -2.13. The predicted molar refractivity (Wildman–Crippen MR) is 40.2 cm³/mol. The third-order valence-electron chi connectivity index (χ3n) is 1.26. The van der Waals surface area contributed by atoms with Gasteiger partial charge >= 0.3 is 0 Å². The molecule has 0 N–H and O–H groups in total. The molecule has 8 heavy (non-hydrogen) atoms. The third kappa shape index (κ3) is 1.88. The molecule has 48 valence electrons. The number of thiol groups is 1. The van der Waals surface area contributed by atoms with Crippen LogP contribution < -0.4 is 0 Å². The van der Waals surface area contributed by atoms with Gasteiger partial charge in [-0.2, -0.15) is 0 Å². The molecule has 1 fully saturated rings. The topological polar surface area (TPSA) is 9.23 Å². The van der Waals surface area contributed by atoms with Crippen LogP contribution in [0.15, 0.2) is 0 Å². The molecule has 0 radical (unpaired) electrons. The van der Waals surface area contributed by atoms with Crippen LogP contribution in [-0.4, -0.2) is 12.0 Å².